The second kappa shape index (κ2) is 5.68. The first-order valence-corrected chi connectivity index (χ1v) is 6.49. The van der Waals surface area contributed by atoms with E-state index >= 15 is 0 Å². The van der Waals surface area contributed by atoms with Crippen LogP contribution in [0.2, 0.25) is 0 Å². The average Bonchev–Trinajstić information content (AvgIpc) is 2.39. The highest BCUT2D eigenvalue weighted by Gasteiger charge is 2.09. The fourth-order valence-corrected chi connectivity index (χ4v) is 2.43. The summed E-state index contributed by atoms with van der Waals surface area (Å²) in [6.07, 6.45) is 3.30. The monoisotopic (exact) mass is 313 g/mol. The predicted octanol–water partition coefficient (Wildman–Crippen LogP) is 3.50. The van der Waals surface area contributed by atoms with Crippen LogP contribution in [-0.2, 0) is 0 Å². The van der Waals surface area contributed by atoms with Gasteiger partial charge < -0.3 is 5.73 Å². The Morgan fingerprint density at radius 2 is 2.11 bits per heavy atom. The largest absolute Gasteiger partial charge is 0.397 e. The molecule has 0 aliphatic carbocycles. The number of nitriles is 1. The van der Waals surface area contributed by atoms with Crippen LogP contribution in [0.4, 0.5) is 0 Å². The molecule has 0 bridgehead atoms. The topological polar surface area (TPSA) is 62.7 Å². The van der Waals surface area contributed by atoms with Crippen LogP contribution in [0.25, 0.3) is 11.3 Å². The summed E-state index contributed by atoms with van der Waals surface area (Å²) in [7, 11) is 0. The summed E-state index contributed by atoms with van der Waals surface area (Å²) >= 11 is 3.44. The summed E-state index contributed by atoms with van der Waals surface area (Å²) in [5, 5.41) is 9.32. The molecule has 0 aliphatic heterocycles. The van der Waals surface area contributed by atoms with E-state index in [0.29, 0.717) is 11.3 Å². The third-order valence-electron chi connectivity index (χ3n) is 2.68. The number of hydrogen-bond acceptors (Lipinski definition) is 3. The predicted molar refractivity (Wildman–Crippen MR) is 79.7 cm³/mol. The molecule has 0 saturated heterocycles. The summed E-state index contributed by atoms with van der Waals surface area (Å²) < 4.78 is 0.939. The smallest absolute Gasteiger partial charge is 0.102 e. The molecule has 94 valence electrons. The highest BCUT2D eigenvalue weighted by molar-refractivity contribution is 9.10. The lowest BCUT2D eigenvalue weighted by molar-refractivity contribution is 1.31. The Hall–Kier alpha value is -2.12. The summed E-state index contributed by atoms with van der Waals surface area (Å²) in [5.74, 6) is 0. The number of hydrogen-bond donors (Lipinski definition) is 1. The minimum absolute atomic E-state index is 0.436. The lowest BCUT2D eigenvalue weighted by Crippen LogP contribution is -2.01. The first-order chi connectivity index (χ1) is 9.11. The number of nitrogens with zero attached hydrogens (tertiary/aromatic N) is 2. The van der Waals surface area contributed by atoms with Gasteiger partial charge in [0, 0.05) is 28.0 Å². The summed E-state index contributed by atoms with van der Waals surface area (Å²) in [6.45, 7) is 1.98. The second-order valence-electron chi connectivity index (χ2n) is 4.16. The van der Waals surface area contributed by atoms with E-state index in [1.165, 1.54) is 0 Å². The van der Waals surface area contributed by atoms with E-state index in [1.807, 2.05) is 31.2 Å². The maximum atomic E-state index is 9.32. The molecular formula is C15H12BrN3. The van der Waals surface area contributed by atoms with Gasteiger partial charge in [0.2, 0.25) is 0 Å². The van der Waals surface area contributed by atoms with Crippen molar-refractivity contribution in [3.63, 3.8) is 0 Å². The number of allylic oxidation sites excluding steroid dienone is 1. The van der Waals surface area contributed by atoms with Crippen molar-refractivity contribution in [3.8, 4) is 6.07 Å². The fourth-order valence-electron chi connectivity index (χ4n) is 1.83. The Bertz CT molecular complexity index is 649. The van der Waals surface area contributed by atoms with Crippen molar-refractivity contribution in [1.82, 2.24) is 4.98 Å². The van der Waals surface area contributed by atoms with Crippen LogP contribution in [0.5, 0.6) is 0 Å². The third kappa shape index (κ3) is 3.01. The van der Waals surface area contributed by atoms with Crippen LogP contribution < -0.4 is 5.73 Å². The highest BCUT2D eigenvalue weighted by atomic mass is 79.9. The van der Waals surface area contributed by atoms with Gasteiger partial charge in [-0.05, 0) is 36.8 Å². The molecule has 3 nitrogen and oxygen atoms in total. The lowest BCUT2D eigenvalue weighted by Gasteiger charge is -2.08. The number of nitrogens with two attached hydrogens (primary N) is 1. The Kier molecular flexibility index (Phi) is 3.98. The molecule has 1 heterocycles. The van der Waals surface area contributed by atoms with Gasteiger partial charge in [0.25, 0.3) is 0 Å². The number of halogens is 1. The molecule has 4 heteroatoms. The molecule has 2 aromatic rings. The summed E-state index contributed by atoms with van der Waals surface area (Å²) in [4.78, 5) is 4.01. The van der Waals surface area contributed by atoms with Gasteiger partial charge in [-0.15, -0.1) is 0 Å². The Morgan fingerprint density at radius 1 is 1.32 bits per heavy atom. The van der Waals surface area contributed by atoms with Crippen molar-refractivity contribution in [1.29, 1.82) is 5.26 Å². The minimum atomic E-state index is 0.436. The van der Waals surface area contributed by atoms with E-state index in [9.17, 15) is 5.26 Å². The zero-order valence-corrected chi connectivity index (χ0v) is 12.0. The Balaban J connectivity index is 2.59. The van der Waals surface area contributed by atoms with Gasteiger partial charge in [0.1, 0.15) is 6.07 Å². The Labute approximate surface area is 120 Å². The van der Waals surface area contributed by atoms with E-state index in [4.69, 9.17) is 5.73 Å². The molecule has 2 N–H and O–H groups in total. The molecule has 0 aliphatic rings. The molecule has 1 aromatic heterocycles. The molecular weight excluding hydrogens is 302 g/mol. The van der Waals surface area contributed by atoms with E-state index in [-0.39, 0.29) is 0 Å². The highest BCUT2D eigenvalue weighted by Crippen LogP contribution is 2.25. The zero-order valence-electron chi connectivity index (χ0n) is 10.4. The van der Waals surface area contributed by atoms with E-state index in [0.717, 1.165) is 21.2 Å². The first kappa shape index (κ1) is 13.3. The maximum Gasteiger partial charge on any atom is 0.102 e. The third-order valence-corrected chi connectivity index (χ3v) is 3.14. The van der Waals surface area contributed by atoms with E-state index in [2.05, 4.69) is 27.0 Å². The molecule has 0 amide bonds. The summed E-state index contributed by atoms with van der Waals surface area (Å²) in [5.41, 5.74) is 9.65. The normalized spacial score (nSPS) is 11.6. The SMILES string of the molecule is Cc1cc(Br)cc(/C(N)=C(/C#N)c2cccnc2)c1. The van der Waals surface area contributed by atoms with Crippen molar-refractivity contribution >= 4 is 27.2 Å². The number of benzene rings is 1. The van der Waals surface area contributed by atoms with E-state index in [1.54, 1.807) is 18.5 Å². The van der Waals surface area contributed by atoms with Crippen molar-refractivity contribution in [2.45, 2.75) is 6.92 Å². The van der Waals surface area contributed by atoms with Crippen LogP contribution in [0.15, 0.2) is 47.2 Å². The van der Waals surface area contributed by atoms with Crippen LogP contribution in [0, 0.1) is 18.3 Å². The molecule has 0 atom stereocenters. The van der Waals surface area contributed by atoms with Gasteiger partial charge in [0.05, 0.1) is 11.3 Å². The zero-order chi connectivity index (χ0) is 13.8. The van der Waals surface area contributed by atoms with E-state index < -0.39 is 0 Å². The van der Waals surface area contributed by atoms with Crippen molar-refractivity contribution in [2.75, 3.05) is 0 Å². The van der Waals surface area contributed by atoms with Crippen LogP contribution >= 0.6 is 15.9 Å². The van der Waals surface area contributed by atoms with Crippen LogP contribution in [0.3, 0.4) is 0 Å². The molecule has 0 spiro atoms. The van der Waals surface area contributed by atoms with Gasteiger partial charge >= 0.3 is 0 Å². The maximum absolute atomic E-state index is 9.32. The van der Waals surface area contributed by atoms with Crippen molar-refractivity contribution in [2.24, 2.45) is 5.73 Å². The van der Waals surface area contributed by atoms with Gasteiger partial charge in [-0.2, -0.15) is 5.26 Å². The van der Waals surface area contributed by atoms with Gasteiger partial charge in [-0.1, -0.05) is 22.0 Å². The molecule has 1 aromatic carbocycles. The number of rotatable bonds is 2. The Morgan fingerprint density at radius 3 is 2.68 bits per heavy atom. The van der Waals surface area contributed by atoms with Crippen molar-refractivity contribution < 1.29 is 0 Å². The number of aromatic nitrogens is 1. The molecule has 0 unspecified atom stereocenters. The fraction of sp³-hybridized carbons (Fsp3) is 0.0667. The molecule has 0 radical (unpaired) electrons. The van der Waals surface area contributed by atoms with Crippen LogP contribution in [-0.4, -0.2) is 4.98 Å². The molecule has 0 saturated carbocycles. The minimum Gasteiger partial charge on any atom is -0.397 e. The van der Waals surface area contributed by atoms with Crippen molar-refractivity contribution in [3.05, 3.63) is 63.9 Å². The van der Waals surface area contributed by atoms with Gasteiger partial charge in [-0.25, -0.2) is 0 Å². The van der Waals surface area contributed by atoms with Gasteiger partial charge in [-0.3, -0.25) is 4.98 Å². The first-order valence-electron chi connectivity index (χ1n) is 5.69. The molecule has 19 heavy (non-hydrogen) atoms. The second-order valence-corrected chi connectivity index (χ2v) is 5.08. The quantitative estimate of drug-likeness (QED) is 0.863. The summed E-state index contributed by atoms with van der Waals surface area (Å²) in [6, 6.07) is 11.6. The van der Waals surface area contributed by atoms with Crippen LogP contribution in [0.1, 0.15) is 16.7 Å². The standard InChI is InChI=1S/C15H12BrN3/c1-10-5-12(7-13(16)6-10)15(18)14(8-17)11-3-2-4-19-9-11/h2-7,9H,18H2,1H3/b15-14+. The number of aryl methyl sites for hydroxylation is 1. The number of pyridine rings is 1. The average molecular weight is 314 g/mol. The lowest BCUT2D eigenvalue weighted by atomic mass is 10.0. The van der Waals surface area contributed by atoms with Gasteiger partial charge in [0.15, 0.2) is 0 Å². The molecule has 0 fully saturated rings. The molecule has 2 rings (SSSR count).